The molecule has 4 heteroatoms. The number of benzene rings is 1. The number of nitrogens with one attached hydrogen (secondary N) is 2. The van der Waals surface area contributed by atoms with Crippen molar-refractivity contribution in [1.82, 2.24) is 10.6 Å². The molecule has 0 radical (unpaired) electrons. The lowest BCUT2D eigenvalue weighted by molar-refractivity contribution is -0.125. The van der Waals surface area contributed by atoms with Crippen molar-refractivity contribution in [1.29, 1.82) is 0 Å². The molecule has 1 amide bonds. The zero-order valence-corrected chi connectivity index (χ0v) is 12.9. The maximum Gasteiger partial charge on any atom is 0.224 e. The summed E-state index contributed by atoms with van der Waals surface area (Å²) in [7, 11) is 0. The fourth-order valence-corrected chi connectivity index (χ4v) is 2.49. The summed E-state index contributed by atoms with van der Waals surface area (Å²) in [5, 5.41) is 6.30. The Morgan fingerprint density at radius 1 is 1.48 bits per heavy atom. The van der Waals surface area contributed by atoms with E-state index in [-0.39, 0.29) is 11.8 Å². The van der Waals surface area contributed by atoms with Crippen LogP contribution in [0.3, 0.4) is 0 Å². The van der Waals surface area contributed by atoms with Gasteiger partial charge in [-0.05, 0) is 43.5 Å². The predicted molar refractivity (Wildman–Crippen MR) is 84.3 cm³/mol. The molecule has 0 aliphatic carbocycles. The topological polar surface area (TPSA) is 50.4 Å². The molecular weight excluding hydrogens is 264 g/mol. The Kier molecular flexibility index (Phi) is 6.54. The number of carbonyl (C=O) groups is 1. The second kappa shape index (κ2) is 8.67. The van der Waals surface area contributed by atoms with Gasteiger partial charge < -0.3 is 15.4 Å². The average molecular weight is 290 g/mol. The zero-order valence-electron chi connectivity index (χ0n) is 12.9. The summed E-state index contributed by atoms with van der Waals surface area (Å²) in [6.07, 6.45) is 4.26. The number of piperidine rings is 1. The van der Waals surface area contributed by atoms with Gasteiger partial charge in [-0.3, -0.25) is 4.79 Å². The standard InChI is InChI=1S/C17H26N2O2/c1-2-3-10-21-16-8-4-6-14(11-16)12-19-17(20)15-7-5-9-18-13-15/h4,6,8,11,15,18H,2-3,5,7,9-10,12-13H2,1H3,(H,19,20). The summed E-state index contributed by atoms with van der Waals surface area (Å²) in [5.74, 6) is 1.15. The van der Waals surface area contributed by atoms with E-state index in [1.54, 1.807) is 0 Å². The van der Waals surface area contributed by atoms with Gasteiger partial charge in [0.15, 0.2) is 0 Å². The Morgan fingerprint density at radius 2 is 2.38 bits per heavy atom. The molecule has 1 fully saturated rings. The van der Waals surface area contributed by atoms with Crippen LogP contribution in [-0.2, 0) is 11.3 Å². The minimum absolute atomic E-state index is 0.114. The summed E-state index contributed by atoms with van der Waals surface area (Å²) in [5.41, 5.74) is 1.08. The van der Waals surface area contributed by atoms with Crippen molar-refractivity contribution >= 4 is 5.91 Å². The summed E-state index contributed by atoms with van der Waals surface area (Å²) in [6, 6.07) is 7.97. The van der Waals surface area contributed by atoms with E-state index in [0.717, 1.165) is 56.7 Å². The average Bonchev–Trinajstić information content (AvgIpc) is 2.54. The molecule has 0 bridgehead atoms. The van der Waals surface area contributed by atoms with Crippen LogP contribution in [0.5, 0.6) is 5.75 Å². The highest BCUT2D eigenvalue weighted by atomic mass is 16.5. The van der Waals surface area contributed by atoms with Crippen LogP contribution in [0.2, 0.25) is 0 Å². The highest BCUT2D eigenvalue weighted by molar-refractivity contribution is 5.78. The fraction of sp³-hybridized carbons (Fsp3) is 0.588. The highest BCUT2D eigenvalue weighted by Gasteiger charge is 2.20. The minimum atomic E-state index is 0.114. The molecule has 2 rings (SSSR count). The van der Waals surface area contributed by atoms with E-state index in [2.05, 4.69) is 17.6 Å². The van der Waals surface area contributed by atoms with Gasteiger partial charge >= 0.3 is 0 Å². The van der Waals surface area contributed by atoms with Crippen LogP contribution in [0.25, 0.3) is 0 Å². The first-order valence-electron chi connectivity index (χ1n) is 7.99. The Bertz CT molecular complexity index is 442. The molecule has 1 unspecified atom stereocenters. The Hall–Kier alpha value is -1.55. The fourth-order valence-electron chi connectivity index (χ4n) is 2.49. The SMILES string of the molecule is CCCCOc1cccc(CNC(=O)C2CCCNC2)c1. The van der Waals surface area contributed by atoms with Crippen LogP contribution in [0, 0.1) is 5.92 Å². The van der Waals surface area contributed by atoms with Crippen LogP contribution in [0.1, 0.15) is 38.2 Å². The van der Waals surface area contributed by atoms with Crippen molar-refractivity contribution in [2.45, 2.75) is 39.2 Å². The van der Waals surface area contributed by atoms with Gasteiger partial charge in [0.05, 0.1) is 12.5 Å². The summed E-state index contributed by atoms with van der Waals surface area (Å²) in [4.78, 5) is 12.1. The van der Waals surface area contributed by atoms with Crippen molar-refractivity contribution in [3.8, 4) is 5.75 Å². The lowest BCUT2D eigenvalue weighted by Gasteiger charge is -2.21. The molecule has 1 heterocycles. The largest absolute Gasteiger partial charge is 0.494 e. The Balaban J connectivity index is 1.79. The third kappa shape index (κ3) is 5.38. The normalized spacial score (nSPS) is 18.2. The molecule has 1 aromatic carbocycles. The Morgan fingerprint density at radius 3 is 3.14 bits per heavy atom. The molecule has 116 valence electrons. The second-order valence-electron chi connectivity index (χ2n) is 5.61. The minimum Gasteiger partial charge on any atom is -0.494 e. The summed E-state index contributed by atoms with van der Waals surface area (Å²) < 4.78 is 5.69. The molecule has 21 heavy (non-hydrogen) atoms. The van der Waals surface area contributed by atoms with Crippen molar-refractivity contribution < 1.29 is 9.53 Å². The Labute approximate surface area is 127 Å². The quantitative estimate of drug-likeness (QED) is 0.759. The van der Waals surface area contributed by atoms with Crippen LogP contribution >= 0.6 is 0 Å². The number of hydrogen-bond acceptors (Lipinski definition) is 3. The van der Waals surface area contributed by atoms with Crippen LogP contribution in [0.4, 0.5) is 0 Å². The van der Waals surface area contributed by atoms with Gasteiger partial charge in [-0.15, -0.1) is 0 Å². The van der Waals surface area contributed by atoms with E-state index in [1.807, 2.05) is 24.3 Å². The molecule has 0 aromatic heterocycles. The maximum absolute atomic E-state index is 12.1. The monoisotopic (exact) mass is 290 g/mol. The molecule has 0 spiro atoms. The van der Waals surface area contributed by atoms with Gasteiger partial charge in [0.25, 0.3) is 0 Å². The molecule has 2 N–H and O–H groups in total. The van der Waals surface area contributed by atoms with Gasteiger partial charge in [0.1, 0.15) is 5.75 Å². The van der Waals surface area contributed by atoms with Gasteiger partial charge in [-0.2, -0.15) is 0 Å². The predicted octanol–water partition coefficient (Wildman–Crippen LogP) is 2.48. The van der Waals surface area contributed by atoms with Crippen LogP contribution in [-0.4, -0.2) is 25.6 Å². The third-order valence-electron chi connectivity index (χ3n) is 3.80. The molecule has 1 aromatic rings. The number of carbonyl (C=O) groups excluding carboxylic acids is 1. The lowest BCUT2D eigenvalue weighted by Crippen LogP contribution is -2.40. The van der Waals surface area contributed by atoms with E-state index in [9.17, 15) is 4.79 Å². The van der Waals surface area contributed by atoms with Crippen LogP contribution < -0.4 is 15.4 Å². The lowest BCUT2D eigenvalue weighted by atomic mass is 9.99. The van der Waals surface area contributed by atoms with Crippen molar-refractivity contribution in [2.24, 2.45) is 5.92 Å². The van der Waals surface area contributed by atoms with E-state index in [4.69, 9.17) is 4.74 Å². The maximum atomic E-state index is 12.1. The van der Waals surface area contributed by atoms with Gasteiger partial charge in [0, 0.05) is 13.1 Å². The third-order valence-corrected chi connectivity index (χ3v) is 3.80. The zero-order chi connectivity index (χ0) is 14.9. The first-order valence-corrected chi connectivity index (χ1v) is 7.99. The first-order chi connectivity index (χ1) is 10.3. The molecule has 1 aliphatic rings. The number of amides is 1. The molecule has 1 saturated heterocycles. The van der Waals surface area contributed by atoms with E-state index >= 15 is 0 Å². The molecule has 4 nitrogen and oxygen atoms in total. The molecular formula is C17H26N2O2. The first kappa shape index (κ1) is 15.8. The van der Waals surface area contributed by atoms with Crippen molar-refractivity contribution in [3.63, 3.8) is 0 Å². The highest BCUT2D eigenvalue weighted by Crippen LogP contribution is 2.14. The van der Waals surface area contributed by atoms with Crippen LogP contribution in [0.15, 0.2) is 24.3 Å². The molecule has 0 saturated carbocycles. The second-order valence-corrected chi connectivity index (χ2v) is 5.61. The van der Waals surface area contributed by atoms with Gasteiger partial charge in [-0.1, -0.05) is 25.5 Å². The van der Waals surface area contributed by atoms with Crippen molar-refractivity contribution in [2.75, 3.05) is 19.7 Å². The van der Waals surface area contributed by atoms with Gasteiger partial charge in [-0.25, -0.2) is 0 Å². The molecule has 1 atom stereocenters. The summed E-state index contributed by atoms with van der Waals surface area (Å²) in [6.45, 7) is 5.29. The number of rotatable bonds is 7. The van der Waals surface area contributed by atoms with E-state index < -0.39 is 0 Å². The molecule has 1 aliphatic heterocycles. The van der Waals surface area contributed by atoms with E-state index in [1.165, 1.54) is 0 Å². The number of hydrogen-bond donors (Lipinski definition) is 2. The smallest absolute Gasteiger partial charge is 0.224 e. The summed E-state index contributed by atoms with van der Waals surface area (Å²) >= 11 is 0. The van der Waals surface area contributed by atoms with E-state index in [0.29, 0.717) is 6.54 Å². The van der Waals surface area contributed by atoms with Crippen molar-refractivity contribution in [3.05, 3.63) is 29.8 Å². The van der Waals surface area contributed by atoms with Gasteiger partial charge in [0.2, 0.25) is 5.91 Å². The number of unbranched alkanes of at least 4 members (excludes halogenated alkanes) is 1. The number of ether oxygens (including phenoxy) is 1.